The molecule has 1 aliphatic carbocycles. The first kappa shape index (κ1) is 19.1. The summed E-state index contributed by atoms with van der Waals surface area (Å²) in [6.45, 7) is 7.68. The van der Waals surface area contributed by atoms with Gasteiger partial charge in [0, 0.05) is 5.56 Å². The van der Waals surface area contributed by atoms with Gasteiger partial charge in [0.15, 0.2) is 0 Å². The minimum atomic E-state index is 0.396. The largest absolute Gasteiger partial charge is 0.308 e. The van der Waals surface area contributed by atoms with Gasteiger partial charge in [0.25, 0.3) is 0 Å². The summed E-state index contributed by atoms with van der Waals surface area (Å²) in [7, 11) is 0. The molecule has 0 spiro atoms. The third kappa shape index (κ3) is 4.94. The molecule has 26 heavy (non-hydrogen) atoms. The fourth-order valence-electron chi connectivity index (χ4n) is 4.32. The van der Waals surface area contributed by atoms with Crippen LogP contribution in [-0.4, -0.2) is 11.5 Å². The molecule has 0 amide bonds. The molecule has 1 aliphatic rings. The maximum Gasteiger partial charge on any atom is 0.0706 e. The molecule has 140 valence electrons. The van der Waals surface area contributed by atoms with Crippen molar-refractivity contribution in [3.63, 3.8) is 0 Å². The van der Waals surface area contributed by atoms with Crippen molar-refractivity contribution in [2.45, 2.75) is 71.8 Å². The molecular weight excluding hydrogens is 316 g/mol. The van der Waals surface area contributed by atoms with Crippen molar-refractivity contribution in [1.82, 2.24) is 10.3 Å². The van der Waals surface area contributed by atoms with E-state index >= 15 is 0 Å². The average Bonchev–Trinajstić information content (AvgIpc) is 2.65. The molecule has 1 aromatic carbocycles. The second-order valence-electron chi connectivity index (χ2n) is 8.01. The number of nitrogens with zero attached hydrogens (tertiary/aromatic N) is 1. The highest BCUT2D eigenvalue weighted by Gasteiger charge is 2.25. The van der Waals surface area contributed by atoms with E-state index in [9.17, 15) is 0 Å². The number of hydrogen-bond acceptors (Lipinski definition) is 2. The van der Waals surface area contributed by atoms with Gasteiger partial charge >= 0.3 is 0 Å². The summed E-state index contributed by atoms with van der Waals surface area (Å²) in [5, 5.41) is 3.85. The fourth-order valence-corrected chi connectivity index (χ4v) is 4.32. The summed E-state index contributed by atoms with van der Waals surface area (Å²) in [5.74, 6) is 0.725. The maximum atomic E-state index is 5.12. The molecule has 0 bridgehead atoms. The Morgan fingerprint density at radius 1 is 1.04 bits per heavy atom. The van der Waals surface area contributed by atoms with E-state index < -0.39 is 0 Å². The minimum absolute atomic E-state index is 0.396. The van der Waals surface area contributed by atoms with Crippen LogP contribution in [0.25, 0.3) is 11.3 Å². The van der Waals surface area contributed by atoms with E-state index in [0.717, 1.165) is 18.2 Å². The molecule has 1 heterocycles. The van der Waals surface area contributed by atoms with E-state index in [0.29, 0.717) is 6.04 Å². The Morgan fingerprint density at radius 3 is 2.46 bits per heavy atom. The summed E-state index contributed by atoms with van der Waals surface area (Å²) in [6, 6.07) is 13.7. The van der Waals surface area contributed by atoms with Gasteiger partial charge in [-0.3, -0.25) is 4.98 Å². The van der Waals surface area contributed by atoms with Crippen LogP contribution in [0.1, 0.15) is 74.7 Å². The van der Waals surface area contributed by atoms with Crippen molar-refractivity contribution < 1.29 is 0 Å². The van der Waals surface area contributed by atoms with E-state index in [2.05, 4.69) is 62.5 Å². The summed E-state index contributed by atoms with van der Waals surface area (Å²) in [4.78, 5) is 5.12. The molecule has 2 aromatic rings. The monoisotopic (exact) mass is 350 g/mol. The number of hydrogen-bond donors (Lipinski definition) is 1. The molecule has 0 saturated heterocycles. The van der Waals surface area contributed by atoms with E-state index in [1.807, 2.05) is 0 Å². The van der Waals surface area contributed by atoms with Gasteiger partial charge in [-0.25, -0.2) is 0 Å². The van der Waals surface area contributed by atoms with Gasteiger partial charge in [0.1, 0.15) is 0 Å². The van der Waals surface area contributed by atoms with E-state index in [4.69, 9.17) is 4.98 Å². The van der Waals surface area contributed by atoms with Crippen molar-refractivity contribution in [3.05, 3.63) is 53.2 Å². The molecule has 1 fully saturated rings. The van der Waals surface area contributed by atoms with E-state index in [-0.39, 0.29) is 0 Å². The molecule has 2 heteroatoms. The highest BCUT2D eigenvalue weighted by Crippen LogP contribution is 2.34. The molecule has 1 aromatic heterocycles. The van der Waals surface area contributed by atoms with Crippen LogP contribution >= 0.6 is 0 Å². The molecule has 3 rings (SSSR count). The molecule has 0 radical (unpaired) electrons. The zero-order chi connectivity index (χ0) is 18.4. The van der Waals surface area contributed by atoms with Crippen molar-refractivity contribution in [2.75, 3.05) is 6.54 Å². The Balaban J connectivity index is 1.88. The molecule has 1 saturated carbocycles. The highest BCUT2D eigenvalue weighted by atomic mass is 14.9. The lowest BCUT2D eigenvalue weighted by atomic mass is 9.82. The Hall–Kier alpha value is -1.67. The van der Waals surface area contributed by atoms with Crippen molar-refractivity contribution in [1.29, 1.82) is 0 Å². The molecular formula is C24H34N2. The third-order valence-corrected chi connectivity index (χ3v) is 5.62. The van der Waals surface area contributed by atoms with Crippen LogP contribution in [0.4, 0.5) is 0 Å². The standard InChI is InChI=1S/C24H34N2/c1-4-5-14-25-24(20-10-7-6-8-11-20)23-13-9-12-22(26-23)21-16-18(2)15-19(3)17-21/h9,12-13,15-17,20,24-25H,4-8,10-11,14H2,1-3H3. The normalized spacial score (nSPS) is 16.6. The van der Waals surface area contributed by atoms with Crippen molar-refractivity contribution in [3.8, 4) is 11.3 Å². The second kappa shape index (κ2) is 9.32. The molecule has 1 N–H and O–H groups in total. The number of aromatic nitrogens is 1. The average molecular weight is 351 g/mol. The Kier molecular flexibility index (Phi) is 6.85. The predicted molar refractivity (Wildman–Crippen MR) is 111 cm³/mol. The van der Waals surface area contributed by atoms with Crippen LogP contribution in [0.3, 0.4) is 0 Å². The number of aryl methyl sites for hydroxylation is 2. The number of unbranched alkanes of at least 4 members (excludes halogenated alkanes) is 1. The van der Waals surface area contributed by atoms with Crippen molar-refractivity contribution >= 4 is 0 Å². The van der Waals surface area contributed by atoms with Crippen molar-refractivity contribution in [2.24, 2.45) is 5.92 Å². The van der Waals surface area contributed by atoms with Gasteiger partial charge in [0.2, 0.25) is 0 Å². The van der Waals surface area contributed by atoms with E-state index in [1.54, 1.807) is 0 Å². The van der Waals surface area contributed by atoms with Gasteiger partial charge in [-0.05, 0) is 69.8 Å². The summed E-state index contributed by atoms with van der Waals surface area (Å²) in [5.41, 5.74) is 6.17. The first-order valence-corrected chi connectivity index (χ1v) is 10.5. The molecule has 0 aliphatic heterocycles. The van der Waals surface area contributed by atoms with Crippen LogP contribution in [0, 0.1) is 19.8 Å². The SMILES string of the molecule is CCCCNC(c1cccc(-c2cc(C)cc(C)c2)n1)C1CCCCC1. The van der Waals surface area contributed by atoms with Gasteiger partial charge in [-0.1, -0.05) is 55.9 Å². The van der Waals surface area contributed by atoms with Crippen LogP contribution in [0.2, 0.25) is 0 Å². The lowest BCUT2D eigenvalue weighted by Crippen LogP contribution is -2.31. The van der Waals surface area contributed by atoms with Crippen LogP contribution in [-0.2, 0) is 0 Å². The predicted octanol–water partition coefficient (Wildman–Crippen LogP) is 6.38. The zero-order valence-electron chi connectivity index (χ0n) is 16.7. The first-order chi connectivity index (χ1) is 12.7. The second-order valence-corrected chi connectivity index (χ2v) is 8.01. The summed E-state index contributed by atoms with van der Waals surface area (Å²) < 4.78 is 0. The summed E-state index contributed by atoms with van der Waals surface area (Å²) >= 11 is 0. The van der Waals surface area contributed by atoms with Gasteiger partial charge < -0.3 is 5.32 Å². The smallest absolute Gasteiger partial charge is 0.0706 e. The highest BCUT2D eigenvalue weighted by molar-refractivity contribution is 5.61. The van der Waals surface area contributed by atoms with Gasteiger partial charge in [-0.15, -0.1) is 0 Å². The minimum Gasteiger partial charge on any atom is -0.308 e. The van der Waals surface area contributed by atoms with E-state index in [1.165, 1.54) is 67.3 Å². The Morgan fingerprint density at radius 2 is 1.77 bits per heavy atom. The number of pyridine rings is 1. The molecule has 1 unspecified atom stereocenters. The van der Waals surface area contributed by atoms with Crippen LogP contribution in [0.5, 0.6) is 0 Å². The quantitative estimate of drug-likeness (QED) is 0.586. The lowest BCUT2D eigenvalue weighted by Gasteiger charge is -2.31. The number of rotatable bonds is 7. The lowest BCUT2D eigenvalue weighted by molar-refractivity contribution is 0.267. The first-order valence-electron chi connectivity index (χ1n) is 10.5. The Bertz CT molecular complexity index is 681. The molecule has 2 nitrogen and oxygen atoms in total. The topological polar surface area (TPSA) is 24.9 Å². The maximum absolute atomic E-state index is 5.12. The van der Waals surface area contributed by atoms with Crippen LogP contribution < -0.4 is 5.32 Å². The molecule has 1 atom stereocenters. The number of benzene rings is 1. The number of nitrogens with one attached hydrogen (secondary N) is 1. The van der Waals surface area contributed by atoms with Gasteiger partial charge in [-0.2, -0.15) is 0 Å². The van der Waals surface area contributed by atoms with Gasteiger partial charge in [0.05, 0.1) is 17.4 Å². The third-order valence-electron chi connectivity index (χ3n) is 5.62. The zero-order valence-corrected chi connectivity index (χ0v) is 16.7. The fraction of sp³-hybridized carbons (Fsp3) is 0.542. The van der Waals surface area contributed by atoms with Crippen LogP contribution in [0.15, 0.2) is 36.4 Å². The summed E-state index contributed by atoms with van der Waals surface area (Å²) in [6.07, 6.45) is 9.27. The Labute approximate surface area is 159 Å².